The highest BCUT2D eigenvalue weighted by Crippen LogP contribution is 2.28. The summed E-state index contributed by atoms with van der Waals surface area (Å²) >= 11 is 11.8. The second-order valence-electron chi connectivity index (χ2n) is 6.41. The summed E-state index contributed by atoms with van der Waals surface area (Å²) in [5.74, 6) is 0.322. The normalized spacial score (nSPS) is 14.6. The highest BCUT2D eigenvalue weighted by Gasteiger charge is 2.26. The number of carbonyl (C=O) groups is 1. The maximum absolute atomic E-state index is 12.4. The number of nitrogens with zero attached hydrogens (tertiary/aromatic N) is 1. The Balaban J connectivity index is 1.60. The third-order valence-corrected chi connectivity index (χ3v) is 5.83. The van der Waals surface area contributed by atoms with Crippen LogP contribution in [-0.2, 0) is 16.1 Å². The minimum absolute atomic E-state index is 0.194. The van der Waals surface area contributed by atoms with Crippen LogP contribution in [0.3, 0.4) is 0 Å². The number of cyclic esters (lactones) is 1. The van der Waals surface area contributed by atoms with Crippen LogP contribution in [0.2, 0.25) is 5.02 Å². The minimum Gasteiger partial charge on any atom is -0.488 e. The van der Waals surface area contributed by atoms with E-state index in [4.69, 9.17) is 21.1 Å². The average Bonchev–Trinajstić information content (AvgIpc) is 3.10. The lowest BCUT2D eigenvalue weighted by atomic mass is 10.1. The quantitative estimate of drug-likeness (QED) is 0.189. The molecule has 0 atom stereocenters. The Morgan fingerprint density at radius 1 is 1.10 bits per heavy atom. The Morgan fingerprint density at radius 2 is 1.87 bits per heavy atom. The van der Waals surface area contributed by atoms with E-state index in [2.05, 4.69) is 43.5 Å². The predicted molar refractivity (Wildman–Crippen MR) is 130 cm³/mol. The first kappa shape index (κ1) is 21.1. The number of carbonyl (C=O) groups excluding carboxylic acids is 1. The summed E-state index contributed by atoms with van der Waals surface area (Å²) < 4.78 is 13.3. The zero-order valence-electron chi connectivity index (χ0n) is 15.4. The molecule has 0 radical (unpaired) electrons. The van der Waals surface area contributed by atoms with Gasteiger partial charge in [0.25, 0.3) is 0 Å². The molecule has 0 aromatic heterocycles. The number of benzene rings is 3. The van der Waals surface area contributed by atoms with Gasteiger partial charge in [0, 0.05) is 13.6 Å². The van der Waals surface area contributed by atoms with Crippen LogP contribution in [0.4, 0.5) is 0 Å². The molecule has 0 aliphatic carbocycles. The van der Waals surface area contributed by atoms with Gasteiger partial charge in [-0.25, -0.2) is 9.79 Å². The molecule has 150 valence electrons. The van der Waals surface area contributed by atoms with Gasteiger partial charge in [0.1, 0.15) is 12.4 Å². The molecular formula is C23H14BrClINO3. The first-order valence-electron chi connectivity index (χ1n) is 8.94. The lowest BCUT2D eigenvalue weighted by molar-refractivity contribution is -0.129. The second kappa shape index (κ2) is 9.32. The number of aliphatic imine (C=N–C) groups is 1. The standard InChI is InChI=1S/C23H14BrClINO3/c24-16-7-5-14(6-8-16)13-29-21-4-2-1-3-15(21)11-20-23(28)30-22(27-20)18-12-17(26)9-10-19(18)25/h1-12H,13H2/b20-11-. The molecule has 0 bridgehead atoms. The minimum atomic E-state index is -0.525. The topological polar surface area (TPSA) is 47.9 Å². The first-order valence-corrected chi connectivity index (χ1v) is 11.2. The van der Waals surface area contributed by atoms with Crippen molar-refractivity contribution in [1.29, 1.82) is 0 Å². The van der Waals surface area contributed by atoms with Crippen LogP contribution in [0.25, 0.3) is 6.08 Å². The van der Waals surface area contributed by atoms with Gasteiger partial charge >= 0.3 is 5.97 Å². The molecule has 0 N–H and O–H groups in total. The molecule has 0 spiro atoms. The molecule has 3 aromatic carbocycles. The van der Waals surface area contributed by atoms with Crippen molar-refractivity contribution in [3.63, 3.8) is 0 Å². The number of ether oxygens (including phenoxy) is 2. The van der Waals surface area contributed by atoms with Crippen LogP contribution >= 0.6 is 50.1 Å². The fourth-order valence-electron chi connectivity index (χ4n) is 2.81. The van der Waals surface area contributed by atoms with Gasteiger partial charge in [-0.3, -0.25) is 0 Å². The number of halogens is 3. The van der Waals surface area contributed by atoms with Gasteiger partial charge < -0.3 is 9.47 Å². The SMILES string of the molecule is O=C1OC(c2cc(I)ccc2Cl)=N/C1=C\c1ccccc1OCc1ccc(Br)cc1. The monoisotopic (exact) mass is 593 g/mol. The number of hydrogen-bond donors (Lipinski definition) is 0. The van der Waals surface area contributed by atoms with Crippen LogP contribution in [-0.4, -0.2) is 11.9 Å². The molecule has 4 nitrogen and oxygen atoms in total. The van der Waals surface area contributed by atoms with Crippen molar-refractivity contribution in [3.8, 4) is 5.75 Å². The zero-order valence-corrected chi connectivity index (χ0v) is 19.9. The fourth-order valence-corrected chi connectivity index (χ4v) is 3.76. The van der Waals surface area contributed by atoms with Crippen molar-refractivity contribution in [2.24, 2.45) is 4.99 Å². The molecule has 0 unspecified atom stereocenters. The van der Waals surface area contributed by atoms with E-state index in [1.807, 2.05) is 60.7 Å². The van der Waals surface area contributed by atoms with Gasteiger partial charge in [0.05, 0.1) is 10.6 Å². The summed E-state index contributed by atoms with van der Waals surface area (Å²) in [5, 5.41) is 0.474. The van der Waals surface area contributed by atoms with Gasteiger partial charge in [-0.2, -0.15) is 0 Å². The van der Waals surface area contributed by atoms with E-state index < -0.39 is 5.97 Å². The van der Waals surface area contributed by atoms with E-state index in [0.29, 0.717) is 22.9 Å². The van der Waals surface area contributed by atoms with Crippen molar-refractivity contribution < 1.29 is 14.3 Å². The van der Waals surface area contributed by atoms with Crippen LogP contribution in [0, 0.1) is 3.57 Å². The molecule has 0 saturated carbocycles. The zero-order chi connectivity index (χ0) is 21.1. The molecule has 1 aliphatic heterocycles. The van der Waals surface area contributed by atoms with Gasteiger partial charge in [-0.15, -0.1) is 0 Å². The van der Waals surface area contributed by atoms with Gasteiger partial charge in [-0.05, 0) is 70.6 Å². The average molecular weight is 595 g/mol. The van der Waals surface area contributed by atoms with Crippen molar-refractivity contribution in [3.05, 3.63) is 102 Å². The summed E-state index contributed by atoms with van der Waals surface area (Å²) in [5.41, 5.74) is 2.55. The van der Waals surface area contributed by atoms with E-state index in [1.165, 1.54) is 0 Å². The van der Waals surface area contributed by atoms with Gasteiger partial charge in [-0.1, -0.05) is 57.9 Å². The second-order valence-corrected chi connectivity index (χ2v) is 8.98. The molecule has 1 heterocycles. The third-order valence-electron chi connectivity index (χ3n) is 4.30. The van der Waals surface area contributed by atoms with Crippen molar-refractivity contribution >= 4 is 68.1 Å². The largest absolute Gasteiger partial charge is 0.488 e. The van der Waals surface area contributed by atoms with Gasteiger partial charge in [0.2, 0.25) is 5.90 Å². The summed E-state index contributed by atoms with van der Waals surface area (Å²) in [7, 11) is 0. The van der Waals surface area contributed by atoms with E-state index in [0.717, 1.165) is 19.2 Å². The summed E-state index contributed by atoms with van der Waals surface area (Å²) in [4.78, 5) is 16.7. The van der Waals surface area contributed by atoms with E-state index in [9.17, 15) is 4.79 Å². The predicted octanol–water partition coefficient (Wildman–Crippen LogP) is 6.63. The molecule has 1 aliphatic rings. The van der Waals surface area contributed by atoms with Crippen LogP contribution in [0.15, 0.2) is 81.9 Å². The maximum atomic E-state index is 12.4. The van der Waals surface area contributed by atoms with Crippen molar-refractivity contribution in [1.82, 2.24) is 0 Å². The molecule has 30 heavy (non-hydrogen) atoms. The van der Waals surface area contributed by atoms with Crippen LogP contribution in [0.1, 0.15) is 16.7 Å². The first-order chi connectivity index (χ1) is 14.5. The summed E-state index contributed by atoms with van der Waals surface area (Å²) in [6, 6.07) is 20.8. The Kier molecular flexibility index (Phi) is 6.55. The molecule has 3 aromatic rings. The lowest BCUT2D eigenvalue weighted by Gasteiger charge is -2.09. The Labute approximate surface area is 200 Å². The number of rotatable bonds is 5. The summed E-state index contributed by atoms with van der Waals surface area (Å²) in [6.07, 6.45) is 1.66. The third kappa shape index (κ3) is 4.94. The Morgan fingerprint density at radius 3 is 2.67 bits per heavy atom. The number of para-hydroxylation sites is 1. The highest BCUT2D eigenvalue weighted by atomic mass is 127. The molecule has 4 rings (SSSR count). The van der Waals surface area contributed by atoms with Gasteiger partial charge in [0.15, 0.2) is 5.70 Å². The molecule has 0 fully saturated rings. The van der Waals surface area contributed by atoms with Crippen molar-refractivity contribution in [2.75, 3.05) is 0 Å². The summed E-state index contributed by atoms with van der Waals surface area (Å²) in [6.45, 7) is 0.407. The number of esters is 1. The van der Waals surface area contributed by atoms with E-state index >= 15 is 0 Å². The van der Waals surface area contributed by atoms with Crippen LogP contribution < -0.4 is 4.74 Å². The lowest BCUT2D eigenvalue weighted by Crippen LogP contribution is -2.06. The molecular weight excluding hydrogens is 581 g/mol. The number of hydrogen-bond acceptors (Lipinski definition) is 4. The van der Waals surface area contributed by atoms with E-state index in [-0.39, 0.29) is 11.6 Å². The maximum Gasteiger partial charge on any atom is 0.363 e. The van der Waals surface area contributed by atoms with E-state index in [1.54, 1.807) is 12.1 Å². The molecule has 0 amide bonds. The smallest absolute Gasteiger partial charge is 0.363 e. The Hall–Kier alpha value is -2.16. The molecule has 0 saturated heterocycles. The van der Waals surface area contributed by atoms with Crippen molar-refractivity contribution in [2.45, 2.75) is 6.61 Å². The molecule has 7 heteroatoms. The highest BCUT2D eigenvalue weighted by molar-refractivity contribution is 14.1. The van der Waals surface area contributed by atoms with Crippen LogP contribution in [0.5, 0.6) is 5.75 Å². The fraction of sp³-hybridized carbons (Fsp3) is 0.0435. The Bertz CT molecular complexity index is 1180.